The molecule has 5 nitrogen and oxygen atoms in total. The number of hydrogen-bond acceptors (Lipinski definition) is 4. The van der Waals surface area contributed by atoms with Gasteiger partial charge in [-0.3, -0.25) is 0 Å². The number of hydrogen-bond donors (Lipinski definition) is 1. The summed E-state index contributed by atoms with van der Waals surface area (Å²) in [6, 6.07) is 6.37. The SMILES string of the molecule is Cc1cc(C)cc(Nc2nc(C)nc3nc(C)n(C)c23)c1. The van der Waals surface area contributed by atoms with Crippen LogP contribution >= 0.6 is 0 Å². The second-order valence-corrected chi connectivity index (χ2v) is 5.51. The molecular weight excluding hydrogens is 262 g/mol. The summed E-state index contributed by atoms with van der Waals surface area (Å²) in [5.74, 6) is 2.44. The molecule has 2 heterocycles. The standard InChI is InChI=1S/C16H19N5/c1-9-6-10(2)8-13(7-9)20-16-14-15(17-11(3)18-16)19-12(4)21(14)5/h6-8H,1-5H3,(H,17,18,20). The van der Waals surface area contributed by atoms with Crippen molar-refractivity contribution in [2.75, 3.05) is 5.32 Å². The number of anilines is 2. The third-order valence-corrected chi connectivity index (χ3v) is 3.55. The lowest BCUT2D eigenvalue weighted by molar-refractivity contribution is 0.884. The van der Waals surface area contributed by atoms with Crippen LogP contribution in [0.5, 0.6) is 0 Å². The van der Waals surface area contributed by atoms with Gasteiger partial charge in [0.25, 0.3) is 0 Å². The van der Waals surface area contributed by atoms with Crippen molar-refractivity contribution in [1.29, 1.82) is 0 Å². The summed E-state index contributed by atoms with van der Waals surface area (Å²) in [6.45, 7) is 8.04. The van der Waals surface area contributed by atoms with Crippen LogP contribution in [-0.4, -0.2) is 19.5 Å². The number of imidazole rings is 1. The Morgan fingerprint density at radius 2 is 1.57 bits per heavy atom. The molecule has 0 amide bonds. The molecule has 21 heavy (non-hydrogen) atoms. The highest BCUT2D eigenvalue weighted by molar-refractivity contribution is 5.86. The molecular formula is C16H19N5. The van der Waals surface area contributed by atoms with Crippen molar-refractivity contribution in [3.8, 4) is 0 Å². The molecule has 5 heteroatoms. The molecule has 0 fully saturated rings. The van der Waals surface area contributed by atoms with E-state index in [1.165, 1.54) is 11.1 Å². The zero-order valence-electron chi connectivity index (χ0n) is 13.0. The van der Waals surface area contributed by atoms with Gasteiger partial charge in [0, 0.05) is 12.7 Å². The minimum atomic E-state index is 0.715. The van der Waals surface area contributed by atoms with Crippen molar-refractivity contribution < 1.29 is 0 Å². The Labute approximate surface area is 124 Å². The third-order valence-electron chi connectivity index (χ3n) is 3.55. The molecule has 1 aromatic carbocycles. The zero-order chi connectivity index (χ0) is 15.1. The van der Waals surface area contributed by atoms with E-state index in [2.05, 4.69) is 52.3 Å². The van der Waals surface area contributed by atoms with Crippen molar-refractivity contribution in [2.45, 2.75) is 27.7 Å². The van der Waals surface area contributed by atoms with Gasteiger partial charge in [-0.1, -0.05) is 6.07 Å². The highest BCUT2D eigenvalue weighted by Gasteiger charge is 2.13. The van der Waals surface area contributed by atoms with Gasteiger partial charge in [0.2, 0.25) is 0 Å². The maximum Gasteiger partial charge on any atom is 0.183 e. The summed E-state index contributed by atoms with van der Waals surface area (Å²) in [5, 5.41) is 3.41. The quantitative estimate of drug-likeness (QED) is 0.782. The van der Waals surface area contributed by atoms with E-state index in [9.17, 15) is 0 Å². The third kappa shape index (κ3) is 2.46. The lowest BCUT2D eigenvalue weighted by Crippen LogP contribution is -2.02. The van der Waals surface area contributed by atoms with Gasteiger partial charge in [-0.25, -0.2) is 15.0 Å². The predicted molar refractivity (Wildman–Crippen MR) is 85.0 cm³/mol. The van der Waals surface area contributed by atoms with E-state index in [1.54, 1.807) is 0 Å². The van der Waals surface area contributed by atoms with Crippen molar-refractivity contribution in [1.82, 2.24) is 19.5 Å². The lowest BCUT2D eigenvalue weighted by Gasteiger charge is -2.10. The van der Waals surface area contributed by atoms with Crippen LogP contribution in [-0.2, 0) is 7.05 Å². The summed E-state index contributed by atoms with van der Waals surface area (Å²) in [6.07, 6.45) is 0. The van der Waals surface area contributed by atoms with Gasteiger partial charge >= 0.3 is 0 Å². The van der Waals surface area contributed by atoms with E-state index in [0.29, 0.717) is 5.82 Å². The van der Waals surface area contributed by atoms with Crippen molar-refractivity contribution in [3.05, 3.63) is 41.0 Å². The van der Waals surface area contributed by atoms with Crippen molar-refractivity contribution in [2.24, 2.45) is 7.05 Å². The van der Waals surface area contributed by atoms with E-state index < -0.39 is 0 Å². The van der Waals surface area contributed by atoms with E-state index in [1.807, 2.05) is 25.5 Å². The molecule has 0 aliphatic rings. The minimum absolute atomic E-state index is 0.715. The number of nitrogens with zero attached hydrogens (tertiary/aromatic N) is 4. The van der Waals surface area contributed by atoms with Crippen LogP contribution in [0, 0.1) is 27.7 Å². The van der Waals surface area contributed by atoms with Crippen LogP contribution in [0.2, 0.25) is 0 Å². The molecule has 0 saturated heterocycles. The summed E-state index contributed by atoms with van der Waals surface area (Å²) < 4.78 is 2.01. The molecule has 0 radical (unpaired) electrons. The van der Waals surface area contributed by atoms with Crippen LogP contribution in [0.25, 0.3) is 11.2 Å². The summed E-state index contributed by atoms with van der Waals surface area (Å²) >= 11 is 0. The first-order chi connectivity index (χ1) is 9.94. The number of benzene rings is 1. The molecule has 0 unspecified atom stereocenters. The minimum Gasteiger partial charge on any atom is -0.338 e. The first-order valence-corrected chi connectivity index (χ1v) is 6.97. The Balaban J connectivity index is 2.15. The molecule has 0 saturated carbocycles. The van der Waals surface area contributed by atoms with E-state index >= 15 is 0 Å². The van der Waals surface area contributed by atoms with Crippen LogP contribution in [0.1, 0.15) is 22.8 Å². The molecule has 2 aromatic heterocycles. The molecule has 0 aliphatic heterocycles. The van der Waals surface area contributed by atoms with E-state index in [-0.39, 0.29) is 0 Å². The number of fused-ring (bicyclic) bond motifs is 1. The molecule has 108 valence electrons. The highest BCUT2D eigenvalue weighted by atomic mass is 15.2. The van der Waals surface area contributed by atoms with Crippen molar-refractivity contribution in [3.63, 3.8) is 0 Å². The van der Waals surface area contributed by atoms with Crippen LogP contribution in [0.3, 0.4) is 0 Å². The molecule has 3 aromatic rings. The van der Waals surface area contributed by atoms with Gasteiger partial charge in [0.05, 0.1) is 0 Å². The first kappa shape index (κ1) is 13.5. The Morgan fingerprint density at radius 3 is 2.24 bits per heavy atom. The van der Waals surface area contributed by atoms with Gasteiger partial charge in [-0.2, -0.15) is 0 Å². The van der Waals surface area contributed by atoms with E-state index in [0.717, 1.165) is 28.5 Å². The average Bonchev–Trinajstić information content (AvgIpc) is 2.63. The number of aromatic nitrogens is 4. The smallest absolute Gasteiger partial charge is 0.183 e. The van der Waals surface area contributed by atoms with Crippen molar-refractivity contribution >= 4 is 22.7 Å². The fourth-order valence-corrected chi connectivity index (χ4v) is 2.60. The number of rotatable bonds is 2. The Hall–Kier alpha value is -2.43. The summed E-state index contributed by atoms with van der Waals surface area (Å²) in [4.78, 5) is 13.4. The van der Waals surface area contributed by atoms with Gasteiger partial charge in [-0.15, -0.1) is 0 Å². The maximum atomic E-state index is 4.55. The maximum absolute atomic E-state index is 4.55. The number of nitrogens with one attached hydrogen (secondary N) is 1. The first-order valence-electron chi connectivity index (χ1n) is 6.97. The second-order valence-electron chi connectivity index (χ2n) is 5.51. The van der Waals surface area contributed by atoms with E-state index in [4.69, 9.17) is 0 Å². The normalized spacial score (nSPS) is 11.1. The Bertz CT molecular complexity index is 812. The van der Waals surface area contributed by atoms with Crippen LogP contribution < -0.4 is 5.32 Å². The predicted octanol–water partition coefficient (Wildman–Crippen LogP) is 3.34. The average molecular weight is 281 g/mol. The van der Waals surface area contributed by atoms with Gasteiger partial charge < -0.3 is 9.88 Å². The zero-order valence-corrected chi connectivity index (χ0v) is 13.0. The Morgan fingerprint density at radius 1 is 0.905 bits per heavy atom. The Kier molecular flexibility index (Phi) is 3.12. The molecule has 0 atom stereocenters. The number of aryl methyl sites for hydroxylation is 5. The topological polar surface area (TPSA) is 55.6 Å². The fraction of sp³-hybridized carbons (Fsp3) is 0.312. The molecule has 0 bridgehead atoms. The molecule has 0 spiro atoms. The second kappa shape index (κ2) is 4.84. The summed E-state index contributed by atoms with van der Waals surface area (Å²) in [5.41, 5.74) is 5.14. The molecule has 0 aliphatic carbocycles. The van der Waals surface area contributed by atoms with Gasteiger partial charge in [0.15, 0.2) is 11.5 Å². The molecule has 3 rings (SSSR count). The lowest BCUT2D eigenvalue weighted by atomic mass is 10.1. The fourth-order valence-electron chi connectivity index (χ4n) is 2.60. The van der Waals surface area contributed by atoms with Gasteiger partial charge in [-0.05, 0) is 51.0 Å². The summed E-state index contributed by atoms with van der Waals surface area (Å²) in [7, 11) is 1.98. The van der Waals surface area contributed by atoms with Crippen LogP contribution in [0.15, 0.2) is 18.2 Å². The van der Waals surface area contributed by atoms with Crippen LogP contribution in [0.4, 0.5) is 11.5 Å². The highest BCUT2D eigenvalue weighted by Crippen LogP contribution is 2.25. The largest absolute Gasteiger partial charge is 0.338 e. The van der Waals surface area contributed by atoms with Gasteiger partial charge in [0.1, 0.15) is 17.2 Å². The monoisotopic (exact) mass is 281 g/mol. The molecule has 1 N–H and O–H groups in total.